The van der Waals surface area contributed by atoms with Crippen molar-refractivity contribution in [1.29, 1.82) is 0 Å². The van der Waals surface area contributed by atoms with Gasteiger partial charge in [-0.05, 0) is 32.6 Å². The van der Waals surface area contributed by atoms with Crippen LogP contribution in [0.4, 0.5) is 0 Å². The normalized spacial score (nSPS) is 26.6. The van der Waals surface area contributed by atoms with Gasteiger partial charge in [-0.2, -0.15) is 5.10 Å². The molecule has 2 fully saturated rings. The van der Waals surface area contributed by atoms with E-state index in [1.807, 2.05) is 11.8 Å². The molecule has 5 nitrogen and oxygen atoms in total. The van der Waals surface area contributed by atoms with E-state index in [1.54, 1.807) is 6.20 Å². The minimum atomic E-state index is -0.163. The summed E-state index contributed by atoms with van der Waals surface area (Å²) in [5.74, 6) is 0.0705. The molecule has 122 valence electrons. The minimum absolute atomic E-state index is 0.0705. The van der Waals surface area contributed by atoms with Crippen molar-refractivity contribution in [3.05, 3.63) is 17.5 Å². The lowest BCUT2D eigenvalue weighted by Gasteiger charge is -2.39. The highest BCUT2D eigenvalue weighted by molar-refractivity contribution is 5.95. The molecule has 22 heavy (non-hydrogen) atoms. The zero-order chi connectivity index (χ0) is 15.7. The molecule has 5 heteroatoms. The van der Waals surface area contributed by atoms with Crippen LogP contribution in [0.15, 0.2) is 6.20 Å². The third-order valence-electron chi connectivity index (χ3n) is 5.40. The highest BCUT2D eigenvalue weighted by atomic mass is 16.3. The van der Waals surface area contributed by atoms with Gasteiger partial charge < -0.3 is 10.0 Å². The average molecular weight is 305 g/mol. The molecule has 0 aromatic carbocycles. The summed E-state index contributed by atoms with van der Waals surface area (Å²) < 4.78 is 2.05. The first kappa shape index (κ1) is 15.5. The van der Waals surface area contributed by atoms with E-state index in [9.17, 15) is 9.90 Å². The molecule has 1 amide bonds. The van der Waals surface area contributed by atoms with Crippen molar-refractivity contribution in [3.8, 4) is 0 Å². The fourth-order valence-corrected chi connectivity index (χ4v) is 3.94. The Morgan fingerprint density at radius 1 is 1.41 bits per heavy atom. The number of aromatic nitrogens is 2. The van der Waals surface area contributed by atoms with E-state index in [4.69, 9.17) is 0 Å². The molecule has 1 N–H and O–H groups in total. The van der Waals surface area contributed by atoms with E-state index in [1.165, 1.54) is 25.7 Å². The first-order valence-corrected chi connectivity index (χ1v) is 8.48. The maximum absolute atomic E-state index is 12.8. The van der Waals surface area contributed by atoms with E-state index >= 15 is 0 Å². The van der Waals surface area contributed by atoms with Gasteiger partial charge in [0, 0.05) is 24.2 Å². The Kier molecular flexibility index (Phi) is 4.26. The number of likely N-dealkylation sites (tertiary alicyclic amines) is 1. The average Bonchev–Trinajstić information content (AvgIpc) is 3.16. The van der Waals surface area contributed by atoms with Crippen LogP contribution < -0.4 is 0 Å². The zero-order valence-electron chi connectivity index (χ0n) is 13.7. The number of aliphatic hydroxyl groups excluding tert-OH is 1. The van der Waals surface area contributed by atoms with Crippen LogP contribution in [0, 0.1) is 12.3 Å². The summed E-state index contributed by atoms with van der Waals surface area (Å²) in [5.41, 5.74) is 1.56. The van der Waals surface area contributed by atoms with E-state index in [0.29, 0.717) is 12.6 Å². The lowest BCUT2D eigenvalue weighted by Crippen LogP contribution is -2.46. The SMILES string of the molecule is Cc1c(C(=O)N2CCCC(C)(CO)C2)cnn1C1CCCC1. The van der Waals surface area contributed by atoms with Crippen molar-refractivity contribution in [2.24, 2.45) is 5.41 Å². The molecule has 0 bridgehead atoms. The van der Waals surface area contributed by atoms with Gasteiger partial charge in [0.05, 0.1) is 24.4 Å². The number of carbonyl (C=O) groups is 1. The molecule has 1 saturated carbocycles. The molecule has 1 atom stereocenters. The molecule has 3 rings (SSSR count). The van der Waals surface area contributed by atoms with Crippen molar-refractivity contribution in [3.63, 3.8) is 0 Å². The van der Waals surface area contributed by atoms with Crippen LogP contribution in [-0.2, 0) is 0 Å². The smallest absolute Gasteiger partial charge is 0.257 e. The highest BCUT2D eigenvalue weighted by Gasteiger charge is 2.34. The van der Waals surface area contributed by atoms with Gasteiger partial charge in [-0.3, -0.25) is 9.48 Å². The molecule has 1 aromatic heterocycles. The van der Waals surface area contributed by atoms with Crippen molar-refractivity contribution < 1.29 is 9.90 Å². The maximum Gasteiger partial charge on any atom is 0.257 e. The Hall–Kier alpha value is -1.36. The number of piperidine rings is 1. The van der Waals surface area contributed by atoms with Crippen LogP contribution >= 0.6 is 0 Å². The molecule has 1 aliphatic carbocycles. The molecule has 0 spiro atoms. The van der Waals surface area contributed by atoms with Crippen molar-refractivity contribution in [2.45, 2.75) is 58.4 Å². The molecule has 2 aliphatic rings. The Labute approximate surface area is 132 Å². The van der Waals surface area contributed by atoms with E-state index < -0.39 is 0 Å². The summed E-state index contributed by atoms with van der Waals surface area (Å²) in [4.78, 5) is 14.7. The monoisotopic (exact) mass is 305 g/mol. The van der Waals surface area contributed by atoms with Crippen molar-refractivity contribution >= 4 is 5.91 Å². The van der Waals surface area contributed by atoms with Crippen LogP contribution in [-0.4, -0.2) is 45.4 Å². The molecule has 2 heterocycles. The van der Waals surface area contributed by atoms with Gasteiger partial charge in [0.1, 0.15) is 0 Å². The Morgan fingerprint density at radius 3 is 2.82 bits per heavy atom. The Bertz CT molecular complexity index is 548. The zero-order valence-corrected chi connectivity index (χ0v) is 13.7. The molecule has 1 unspecified atom stereocenters. The van der Waals surface area contributed by atoms with Gasteiger partial charge in [0.15, 0.2) is 0 Å². The predicted molar refractivity (Wildman–Crippen MR) is 84.8 cm³/mol. The van der Waals surface area contributed by atoms with Crippen LogP contribution in [0.25, 0.3) is 0 Å². The Balaban J connectivity index is 1.77. The van der Waals surface area contributed by atoms with Crippen molar-refractivity contribution in [2.75, 3.05) is 19.7 Å². The van der Waals surface area contributed by atoms with Gasteiger partial charge in [0.2, 0.25) is 0 Å². The third kappa shape index (κ3) is 2.78. The lowest BCUT2D eigenvalue weighted by molar-refractivity contribution is 0.0357. The molecular weight excluding hydrogens is 278 g/mol. The fraction of sp³-hybridized carbons (Fsp3) is 0.765. The van der Waals surface area contributed by atoms with E-state index in [0.717, 1.165) is 30.6 Å². The van der Waals surface area contributed by atoms with Gasteiger partial charge >= 0.3 is 0 Å². The highest BCUT2D eigenvalue weighted by Crippen LogP contribution is 2.32. The summed E-state index contributed by atoms with van der Waals surface area (Å²) in [7, 11) is 0. The number of amides is 1. The molecule has 1 saturated heterocycles. The molecular formula is C17H27N3O2. The Morgan fingerprint density at radius 2 is 2.14 bits per heavy atom. The first-order valence-electron chi connectivity index (χ1n) is 8.48. The van der Waals surface area contributed by atoms with E-state index in [-0.39, 0.29) is 17.9 Å². The summed E-state index contributed by atoms with van der Waals surface area (Å²) in [6, 6.07) is 0.464. The number of aliphatic hydroxyl groups is 1. The van der Waals surface area contributed by atoms with E-state index in [2.05, 4.69) is 16.7 Å². The third-order valence-corrected chi connectivity index (χ3v) is 5.40. The first-order chi connectivity index (χ1) is 10.5. The predicted octanol–water partition coefficient (Wildman–Crippen LogP) is 2.54. The summed E-state index contributed by atoms with van der Waals surface area (Å²) in [6.07, 6.45) is 8.53. The lowest BCUT2D eigenvalue weighted by atomic mass is 9.82. The molecule has 0 radical (unpaired) electrons. The summed E-state index contributed by atoms with van der Waals surface area (Å²) >= 11 is 0. The second-order valence-corrected chi connectivity index (χ2v) is 7.33. The van der Waals surface area contributed by atoms with Crippen LogP contribution in [0.5, 0.6) is 0 Å². The molecule has 1 aliphatic heterocycles. The summed E-state index contributed by atoms with van der Waals surface area (Å²) in [6.45, 7) is 5.62. The number of nitrogens with zero attached hydrogens (tertiary/aromatic N) is 3. The van der Waals surface area contributed by atoms with Crippen molar-refractivity contribution in [1.82, 2.24) is 14.7 Å². The number of carbonyl (C=O) groups excluding carboxylic acids is 1. The number of rotatable bonds is 3. The minimum Gasteiger partial charge on any atom is -0.396 e. The standard InChI is InChI=1S/C17H27N3O2/c1-13-15(10-18-20(13)14-6-3-4-7-14)16(22)19-9-5-8-17(2,11-19)12-21/h10,14,21H,3-9,11-12H2,1-2H3. The van der Waals surface area contributed by atoms with Gasteiger partial charge in [0.25, 0.3) is 5.91 Å². The van der Waals surface area contributed by atoms with Crippen LogP contribution in [0.1, 0.15) is 67.5 Å². The quantitative estimate of drug-likeness (QED) is 0.933. The second kappa shape index (κ2) is 6.03. The molecule has 1 aromatic rings. The topological polar surface area (TPSA) is 58.4 Å². The maximum atomic E-state index is 12.8. The van der Waals surface area contributed by atoms with Gasteiger partial charge in [-0.1, -0.05) is 19.8 Å². The van der Waals surface area contributed by atoms with Crippen LogP contribution in [0.2, 0.25) is 0 Å². The number of hydrogen-bond donors (Lipinski definition) is 1. The largest absolute Gasteiger partial charge is 0.396 e. The van der Waals surface area contributed by atoms with Crippen LogP contribution in [0.3, 0.4) is 0 Å². The van der Waals surface area contributed by atoms with Gasteiger partial charge in [-0.15, -0.1) is 0 Å². The number of hydrogen-bond acceptors (Lipinski definition) is 3. The second-order valence-electron chi connectivity index (χ2n) is 7.33. The fourth-order valence-electron chi connectivity index (χ4n) is 3.94. The summed E-state index contributed by atoms with van der Waals surface area (Å²) in [5, 5.41) is 14.1. The van der Waals surface area contributed by atoms with Gasteiger partial charge in [-0.25, -0.2) is 0 Å².